The highest BCUT2D eigenvalue weighted by Gasteiger charge is 2.28. The van der Waals surface area contributed by atoms with Gasteiger partial charge in [0.25, 0.3) is 0 Å². The topological polar surface area (TPSA) is 110 Å². The summed E-state index contributed by atoms with van der Waals surface area (Å²) >= 11 is 0. The van der Waals surface area contributed by atoms with Crippen molar-refractivity contribution in [2.75, 3.05) is 12.0 Å². The normalized spacial score (nSPS) is 20.4. The Morgan fingerprint density at radius 3 is 2.94 bits per heavy atom. The van der Waals surface area contributed by atoms with E-state index in [1.165, 1.54) is 0 Å². The summed E-state index contributed by atoms with van der Waals surface area (Å²) in [5, 5.41) is 0. The number of primary amides is 1. The lowest BCUT2D eigenvalue weighted by atomic mass is 10.2. The summed E-state index contributed by atoms with van der Waals surface area (Å²) in [7, 11) is 0. The van der Waals surface area contributed by atoms with Gasteiger partial charge in [0.2, 0.25) is 5.91 Å². The number of hydrogen-bond donors (Lipinski definition) is 3. The van der Waals surface area contributed by atoms with Gasteiger partial charge >= 0.3 is 0 Å². The Morgan fingerprint density at radius 2 is 2.35 bits per heavy atom. The summed E-state index contributed by atoms with van der Waals surface area (Å²) in [6, 6.07) is -0.177. The van der Waals surface area contributed by atoms with Crippen LogP contribution in [0.2, 0.25) is 0 Å². The van der Waals surface area contributed by atoms with Gasteiger partial charge in [-0.15, -0.1) is 0 Å². The first kappa shape index (κ1) is 11.7. The second-order valence-corrected chi connectivity index (χ2v) is 4.07. The van der Waals surface area contributed by atoms with Crippen molar-refractivity contribution in [3.8, 4) is 0 Å². The number of carbonyl (C=O) groups excluding carboxylic acids is 1. The largest absolute Gasteiger partial charge is 0.368 e. The molecule has 0 bridgehead atoms. The highest BCUT2D eigenvalue weighted by molar-refractivity contribution is 5.80. The molecule has 17 heavy (non-hydrogen) atoms. The van der Waals surface area contributed by atoms with Crippen molar-refractivity contribution in [2.24, 2.45) is 11.6 Å². The van der Waals surface area contributed by atoms with Crippen LogP contribution in [0.5, 0.6) is 0 Å². The van der Waals surface area contributed by atoms with Crippen LogP contribution in [0.15, 0.2) is 12.4 Å². The molecule has 1 aromatic heterocycles. The zero-order valence-corrected chi connectivity index (χ0v) is 9.47. The minimum Gasteiger partial charge on any atom is -0.368 e. The molecule has 1 aliphatic rings. The minimum atomic E-state index is -0.268. The van der Waals surface area contributed by atoms with Crippen LogP contribution in [0.4, 0.5) is 5.82 Å². The van der Waals surface area contributed by atoms with Crippen LogP contribution in [-0.4, -0.2) is 33.4 Å². The summed E-state index contributed by atoms with van der Waals surface area (Å²) in [5.74, 6) is 5.45. The second-order valence-electron chi connectivity index (χ2n) is 4.07. The number of nitrogens with one attached hydrogen (secondary N) is 1. The van der Waals surface area contributed by atoms with E-state index in [9.17, 15) is 4.79 Å². The molecule has 0 spiro atoms. The molecule has 92 valence electrons. The Hall–Kier alpha value is -1.73. The van der Waals surface area contributed by atoms with Gasteiger partial charge in [-0.25, -0.2) is 10.8 Å². The molecule has 0 saturated carbocycles. The smallest absolute Gasteiger partial charge is 0.234 e. The lowest BCUT2D eigenvalue weighted by Crippen LogP contribution is -2.39. The van der Waals surface area contributed by atoms with Crippen LogP contribution in [-0.2, 0) is 11.3 Å². The predicted octanol–water partition coefficient (Wildman–Crippen LogP) is -0.788. The molecule has 0 radical (unpaired) electrons. The SMILES string of the molecule is NNc1cnc(CN2CCCC2C(N)=O)cn1. The maximum absolute atomic E-state index is 11.2. The third-order valence-corrected chi connectivity index (χ3v) is 2.91. The Morgan fingerprint density at radius 1 is 1.53 bits per heavy atom. The number of rotatable bonds is 4. The average Bonchev–Trinajstić information content (AvgIpc) is 2.78. The molecule has 1 atom stereocenters. The Balaban J connectivity index is 2.02. The van der Waals surface area contributed by atoms with E-state index in [1.54, 1.807) is 12.4 Å². The minimum absolute atomic E-state index is 0.177. The molecule has 1 aromatic rings. The predicted molar refractivity (Wildman–Crippen MR) is 62.5 cm³/mol. The number of likely N-dealkylation sites (tertiary alicyclic amines) is 1. The number of amides is 1. The van der Waals surface area contributed by atoms with Crippen LogP contribution in [0.1, 0.15) is 18.5 Å². The van der Waals surface area contributed by atoms with Crippen LogP contribution >= 0.6 is 0 Å². The highest BCUT2D eigenvalue weighted by atomic mass is 16.1. The zero-order chi connectivity index (χ0) is 12.3. The van der Waals surface area contributed by atoms with Gasteiger partial charge < -0.3 is 11.2 Å². The van der Waals surface area contributed by atoms with Gasteiger partial charge in [0, 0.05) is 6.54 Å². The van der Waals surface area contributed by atoms with Gasteiger partial charge in [-0.1, -0.05) is 0 Å². The lowest BCUT2D eigenvalue weighted by Gasteiger charge is -2.20. The molecule has 1 unspecified atom stereocenters. The van der Waals surface area contributed by atoms with Crippen LogP contribution in [0.25, 0.3) is 0 Å². The van der Waals surface area contributed by atoms with Crippen molar-refractivity contribution in [1.82, 2.24) is 14.9 Å². The van der Waals surface area contributed by atoms with Gasteiger partial charge in [-0.3, -0.25) is 14.7 Å². The standard InChI is InChI=1S/C10H16N6O/c11-10(17)8-2-1-3-16(8)6-7-4-14-9(15-12)5-13-7/h4-5,8H,1-3,6,12H2,(H2,11,17)(H,14,15). The van der Waals surface area contributed by atoms with Crippen LogP contribution in [0.3, 0.4) is 0 Å². The first-order valence-corrected chi connectivity index (χ1v) is 5.51. The van der Waals surface area contributed by atoms with Crippen molar-refractivity contribution in [3.05, 3.63) is 18.1 Å². The van der Waals surface area contributed by atoms with E-state index in [-0.39, 0.29) is 11.9 Å². The molecule has 5 N–H and O–H groups in total. The molecule has 1 amide bonds. The number of nitrogen functional groups attached to an aromatic ring is 1. The molecule has 7 nitrogen and oxygen atoms in total. The highest BCUT2D eigenvalue weighted by Crippen LogP contribution is 2.18. The van der Waals surface area contributed by atoms with Crippen molar-refractivity contribution in [1.29, 1.82) is 0 Å². The maximum Gasteiger partial charge on any atom is 0.234 e. The summed E-state index contributed by atoms with van der Waals surface area (Å²) in [6.45, 7) is 1.46. The summed E-state index contributed by atoms with van der Waals surface area (Å²) in [6.07, 6.45) is 5.02. The molecule has 0 aromatic carbocycles. The molecule has 2 heterocycles. The molecule has 2 rings (SSSR count). The van der Waals surface area contributed by atoms with E-state index < -0.39 is 0 Å². The molecule has 1 saturated heterocycles. The summed E-state index contributed by atoms with van der Waals surface area (Å²) in [4.78, 5) is 21.5. The van der Waals surface area contributed by atoms with Crippen molar-refractivity contribution >= 4 is 11.7 Å². The molecular formula is C10H16N6O. The zero-order valence-electron chi connectivity index (χ0n) is 9.47. The quantitative estimate of drug-likeness (QED) is 0.467. The lowest BCUT2D eigenvalue weighted by molar-refractivity contribution is -0.122. The average molecular weight is 236 g/mol. The number of hydrogen-bond acceptors (Lipinski definition) is 6. The van der Waals surface area contributed by atoms with Gasteiger partial charge in [0.15, 0.2) is 5.82 Å². The number of nitrogens with zero attached hydrogens (tertiary/aromatic N) is 3. The number of aromatic nitrogens is 2. The molecule has 1 fully saturated rings. The fourth-order valence-corrected chi connectivity index (χ4v) is 2.06. The molecule has 0 aliphatic carbocycles. The van der Waals surface area contributed by atoms with E-state index in [4.69, 9.17) is 11.6 Å². The van der Waals surface area contributed by atoms with Gasteiger partial charge in [0.1, 0.15) is 0 Å². The third-order valence-electron chi connectivity index (χ3n) is 2.91. The number of carbonyl (C=O) groups is 1. The van der Waals surface area contributed by atoms with Gasteiger partial charge in [-0.2, -0.15) is 0 Å². The first-order chi connectivity index (χ1) is 8.20. The second kappa shape index (κ2) is 5.07. The van der Waals surface area contributed by atoms with Crippen LogP contribution in [0, 0.1) is 0 Å². The van der Waals surface area contributed by atoms with Gasteiger partial charge in [-0.05, 0) is 19.4 Å². The van der Waals surface area contributed by atoms with Gasteiger partial charge in [0.05, 0.1) is 24.1 Å². The molecule has 7 heteroatoms. The molecule has 1 aliphatic heterocycles. The maximum atomic E-state index is 11.2. The van der Waals surface area contributed by atoms with Crippen molar-refractivity contribution in [3.63, 3.8) is 0 Å². The molecular weight excluding hydrogens is 220 g/mol. The van der Waals surface area contributed by atoms with E-state index in [0.29, 0.717) is 12.4 Å². The summed E-state index contributed by atoms with van der Waals surface area (Å²) in [5.41, 5.74) is 8.56. The first-order valence-electron chi connectivity index (χ1n) is 5.51. The third kappa shape index (κ3) is 2.69. The number of hydrazine groups is 1. The van der Waals surface area contributed by atoms with E-state index in [0.717, 1.165) is 25.1 Å². The fraction of sp³-hybridized carbons (Fsp3) is 0.500. The summed E-state index contributed by atoms with van der Waals surface area (Å²) < 4.78 is 0. The Bertz CT molecular complexity index is 392. The van der Waals surface area contributed by atoms with E-state index in [1.807, 2.05) is 4.90 Å². The Labute approximate surface area is 99.2 Å². The van der Waals surface area contributed by atoms with Crippen LogP contribution < -0.4 is 17.0 Å². The fourth-order valence-electron chi connectivity index (χ4n) is 2.06. The Kier molecular flexibility index (Phi) is 3.50. The van der Waals surface area contributed by atoms with Crippen molar-refractivity contribution < 1.29 is 4.79 Å². The van der Waals surface area contributed by atoms with Crippen molar-refractivity contribution in [2.45, 2.75) is 25.4 Å². The van der Waals surface area contributed by atoms with E-state index >= 15 is 0 Å². The number of nitrogens with two attached hydrogens (primary N) is 2. The number of anilines is 1. The monoisotopic (exact) mass is 236 g/mol. The van der Waals surface area contributed by atoms with E-state index in [2.05, 4.69) is 15.4 Å².